The number of primary amides is 1. The maximum Gasteiger partial charge on any atom is 0.329 e. The van der Waals surface area contributed by atoms with Crippen LogP contribution in [0.2, 0.25) is 0 Å². The Hall–Kier alpha value is -2.37. The van der Waals surface area contributed by atoms with Crippen LogP contribution in [0.25, 0.3) is 0 Å². The van der Waals surface area contributed by atoms with E-state index in [0.717, 1.165) is 0 Å². The number of rotatable bonds is 5. The van der Waals surface area contributed by atoms with Gasteiger partial charge >= 0.3 is 5.97 Å². The molecule has 1 rings (SSSR count). The quantitative estimate of drug-likeness (QED) is 0.729. The lowest BCUT2D eigenvalue weighted by Crippen LogP contribution is -2.51. The van der Waals surface area contributed by atoms with E-state index in [1.807, 2.05) is 0 Å². The van der Waals surface area contributed by atoms with Gasteiger partial charge < -0.3 is 16.2 Å². The Morgan fingerprint density at radius 1 is 1.21 bits per heavy atom. The number of carboxylic acids is 1. The van der Waals surface area contributed by atoms with Crippen molar-refractivity contribution < 1.29 is 19.5 Å². The number of nitrogens with one attached hydrogen (secondary N) is 1. The van der Waals surface area contributed by atoms with Crippen LogP contribution in [-0.4, -0.2) is 28.4 Å². The first-order valence-corrected chi connectivity index (χ1v) is 5.76. The molecule has 1 aromatic rings. The van der Waals surface area contributed by atoms with Gasteiger partial charge in [0.25, 0.3) is 5.91 Å². The van der Waals surface area contributed by atoms with E-state index in [1.54, 1.807) is 6.92 Å². The maximum absolute atomic E-state index is 11.9. The van der Waals surface area contributed by atoms with Crippen LogP contribution in [0.4, 0.5) is 0 Å². The normalized spacial score (nSPS) is 13.4. The van der Waals surface area contributed by atoms with Gasteiger partial charge in [0.05, 0.1) is 0 Å². The number of carboxylic acid groups (broad SMARTS) is 1. The summed E-state index contributed by atoms with van der Waals surface area (Å²) in [5.41, 5.74) is 4.32. The van der Waals surface area contributed by atoms with Crippen LogP contribution in [0, 0.1) is 0 Å². The van der Waals surface area contributed by atoms with Crippen LogP contribution >= 0.6 is 0 Å². The summed E-state index contributed by atoms with van der Waals surface area (Å²) in [6, 6.07) is 5.68. The lowest BCUT2D eigenvalue weighted by Gasteiger charge is -2.24. The van der Waals surface area contributed by atoms with Gasteiger partial charge in [0.15, 0.2) is 0 Å². The minimum absolute atomic E-state index is 0.257. The number of carbonyl (C=O) groups excluding carboxylic acids is 2. The fraction of sp³-hybridized carbons (Fsp3) is 0.308. The van der Waals surface area contributed by atoms with E-state index in [0.29, 0.717) is 0 Å². The summed E-state index contributed by atoms with van der Waals surface area (Å²) in [7, 11) is 0. The monoisotopic (exact) mass is 264 g/mol. The van der Waals surface area contributed by atoms with Crippen molar-refractivity contribution in [2.75, 3.05) is 0 Å². The third-order valence-corrected chi connectivity index (χ3v) is 3.00. The molecule has 0 saturated carbocycles. The molecule has 6 nitrogen and oxygen atoms in total. The molecule has 19 heavy (non-hydrogen) atoms. The summed E-state index contributed by atoms with van der Waals surface area (Å²) in [6.45, 7) is 3.11. The lowest BCUT2D eigenvalue weighted by molar-refractivity contribution is -0.143. The Balaban J connectivity index is 2.89. The van der Waals surface area contributed by atoms with Gasteiger partial charge in [0.1, 0.15) is 5.54 Å². The van der Waals surface area contributed by atoms with Gasteiger partial charge in [0, 0.05) is 11.1 Å². The van der Waals surface area contributed by atoms with Gasteiger partial charge in [-0.25, -0.2) is 4.79 Å². The standard InChI is InChI=1S/C13H16N2O4/c1-3-13(2,12(18)19)15-11(17)9-6-4-8(5-7-9)10(14)16/h4-7H,3H2,1-2H3,(H2,14,16)(H,15,17)(H,18,19). The molecule has 0 heterocycles. The van der Waals surface area contributed by atoms with Crippen LogP contribution in [-0.2, 0) is 4.79 Å². The average Bonchev–Trinajstić information content (AvgIpc) is 2.38. The van der Waals surface area contributed by atoms with Crippen molar-refractivity contribution in [1.82, 2.24) is 5.32 Å². The molecule has 0 spiro atoms. The van der Waals surface area contributed by atoms with Gasteiger partial charge in [-0.15, -0.1) is 0 Å². The molecule has 0 fully saturated rings. The molecule has 0 aromatic heterocycles. The number of amides is 2. The topological polar surface area (TPSA) is 109 Å². The van der Waals surface area contributed by atoms with E-state index in [2.05, 4.69) is 5.32 Å². The van der Waals surface area contributed by atoms with Gasteiger partial charge in [-0.3, -0.25) is 9.59 Å². The van der Waals surface area contributed by atoms with Crippen molar-refractivity contribution in [2.45, 2.75) is 25.8 Å². The smallest absolute Gasteiger partial charge is 0.329 e. The SMILES string of the molecule is CCC(C)(NC(=O)c1ccc(C(N)=O)cc1)C(=O)O. The second-order valence-electron chi connectivity index (χ2n) is 4.39. The Labute approximate surface area is 110 Å². The molecular formula is C13H16N2O4. The average molecular weight is 264 g/mol. The molecule has 1 unspecified atom stereocenters. The first-order valence-electron chi connectivity index (χ1n) is 5.76. The van der Waals surface area contributed by atoms with Crippen LogP contribution in [0.1, 0.15) is 41.0 Å². The molecule has 4 N–H and O–H groups in total. The summed E-state index contributed by atoms with van der Waals surface area (Å²) in [4.78, 5) is 33.9. The van der Waals surface area contributed by atoms with Crippen molar-refractivity contribution in [3.05, 3.63) is 35.4 Å². The highest BCUT2D eigenvalue weighted by atomic mass is 16.4. The third-order valence-electron chi connectivity index (χ3n) is 3.00. The molecule has 1 atom stereocenters. The van der Waals surface area contributed by atoms with Gasteiger partial charge in [-0.1, -0.05) is 6.92 Å². The minimum Gasteiger partial charge on any atom is -0.480 e. The van der Waals surface area contributed by atoms with E-state index in [1.165, 1.54) is 31.2 Å². The predicted octanol–water partition coefficient (Wildman–Crippen LogP) is 0.769. The fourth-order valence-electron chi connectivity index (χ4n) is 1.40. The van der Waals surface area contributed by atoms with E-state index in [4.69, 9.17) is 10.8 Å². The molecule has 0 aliphatic carbocycles. The van der Waals surface area contributed by atoms with Gasteiger partial charge in [-0.2, -0.15) is 0 Å². The Morgan fingerprint density at radius 3 is 2.05 bits per heavy atom. The summed E-state index contributed by atoms with van der Waals surface area (Å²) >= 11 is 0. The Bertz CT molecular complexity index is 510. The number of nitrogens with two attached hydrogens (primary N) is 1. The fourth-order valence-corrected chi connectivity index (χ4v) is 1.40. The lowest BCUT2D eigenvalue weighted by atomic mass is 9.98. The van der Waals surface area contributed by atoms with Gasteiger partial charge in [-0.05, 0) is 37.6 Å². The summed E-state index contributed by atoms with van der Waals surface area (Å²) in [5.74, 6) is -2.20. The van der Waals surface area contributed by atoms with Crippen LogP contribution < -0.4 is 11.1 Å². The highest BCUT2D eigenvalue weighted by Gasteiger charge is 2.32. The molecule has 1 aromatic carbocycles. The van der Waals surface area contributed by atoms with Crippen LogP contribution in [0.3, 0.4) is 0 Å². The van der Waals surface area contributed by atoms with Gasteiger partial charge in [0.2, 0.25) is 5.91 Å². The third kappa shape index (κ3) is 3.31. The summed E-state index contributed by atoms with van der Waals surface area (Å²) < 4.78 is 0. The maximum atomic E-state index is 11.9. The number of carbonyl (C=O) groups is 3. The van der Waals surface area contributed by atoms with E-state index in [-0.39, 0.29) is 17.5 Å². The van der Waals surface area contributed by atoms with Crippen molar-refractivity contribution >= 4 is 17.8 Å². The highest BCUT2D eigenvalue weighted by molar-refractivity contribution is 5.99. The molecule has 0 aliphatic rings. The zero-order valence-corrected chi connectivity index (χ0v) is 10.8. The predicted molar refractivity (Wildman–Crippen MR) is 68.8 cm³/mol. The second kappa shape index (κ2) is 5.51. The van der Waals surface area contributed by atoms with Crippen molar-refractivity contribution in [3.8, 4) is 0 Å². The van der Waals surface area contributed by atoms with Crippen molar-refractivity contribution in [2.24, 2.45) is 5.73 Å². The first-order chi connectivity index (χ1) is 8.80. The molecule has 102 valence electrons. The van der Waals surface area contributed by atoms with Crippen molar-refractivity contribution in [3.63, 3.8) is 0 Å². The Morgan fingerprint density at radius 2 is 1.68 bits per heavy atom. The number of aliphatic carboxylic acids is 1. The highest BCUT2D eigenvalue weighted by Crippen LogP contribution is 2.12. The molecule has 2 amide bonds. The molecule has 0 saturated heterocycles. The summed E-state index contributed by atoms with van der Waals surface area (Å²) in [6.07, 6.45) is 0.257. The van der Waals surface area contributed by atoms with Crippen LogP contribution in [0.5, 0.6) is 0 Å². The van der Waals surface area contributed by atoms with E-state index >= 15 is 0 Å². The summed E-state index contributed by atoms with van der Waals surface area (Å²) in [5, 5.41) is 11.5. The van der Waals surface area contributed by atoms with E-state index < -0.39 is 23.3 Å². The zero-order valence-electron chi connectivity index (χ0n) is 10.8. The molecule has 0 bridgehead atoms. The largest absolute Gasteiger partial charge is 0.480 e. The van der Waals surface area contributed by atoms with Crippen LogP contribution in [0.15, 0.2) is 24.3 Å². The number of hydrogen-bond donors (Lipinski definition) is 3. The molecule has 0 aliphatic heterocycles. The number of benzene rings is 1. The second-order valence-corrected chi connectivity index (χ2v) is 4.39. The molecule has 0 radical (unpaired) electrons. The zero-order chi connectivity index (χ0) is 14.6. The molecule has 6 heteroatoms. The minimum atomic E-state index is -1.32. The molecular weight excluding hydrogens is 248 g/mol. The number of hydrogen-bond acceptors (Lipinski definition) is 3. The first kappa shape index (κ1) is 14.7. The van der Waals surface area contributed by atoms with E-state index in [9.17, 15) is 14.4 Å². The van der Waals surface area contributed by atoms with Crippen molar-refractivity contribution in [1.29, 1.82) is 0 Å². The Kier molecular flexibility index (Phi) is 4.26.